The van der Waals surface area contributed by atoms with E-state index in [0.717, 1.165) is 17.1 Å². The van der Waals surface area contributed by atoms with Gasteiger partial charge in [0.05, 0.1) is 5.69 Å². The Bertz CT molecular complexity index is 2690. The average molecular weight is 692 g/mol. The van der Waals surface area contributed by atoms with Crippen LogP contribution in [0.3, 0.4) is 0 Å². The Kier molecular flexibility index (Phi) is 7.35. The summed E-state index contributed by atoms with van der Waals surface area (Å²) in [4.78, 5) is 2.42. The molecular formula is C53H41N. The average Bonchev–Trinajstić information content (AvgIpc) is 3.63. The Morgan fingerprint density at radius 2 is 0.852 bits per heavy atom. The van der Waals surface area contributed by atoms with Crippen molar-refractivity contribution in [3.63, 3.8) is 0 Å². The van der Waals surface area contributed by atoms with Crippen LogP contribution in [0.1, 0.15) is 48.6 Å². The topological polar surface area (TPSA) is 3.24 Å². The minimum Gasteiger partial charge on any atom is -0.310 e. The van der Waals surface area contributed by atoms with E-state index >= 15 is 0 Å². The van der Waals surface area contributed by atoms with Crippen LogP contribution in [-0.4, -0.2) is 0 Å². The van der Waals surface area contributed by atoms with Crippen molar-refractivity contribution in [1.29, 1.82) is 0 Å². The Morgan fingerprint density at radius 3 is 1.57 bits per heavy atom. The van der Waals surface area contributed by atoms with Gasteiger partial charge in [0.1, 0.15) is 0 Å². The maximum absolute atomic E-state index is 2.43. The van der Waals surface area contributed by atoms with E-state index in [1.54, 1.807) is 0 Å². The van der Waals surface area contributed by atoms with Gasteiger partial charge in [0.15, 0.2) is 0 Å². The first kappa shape index (κ1) is 32.2. The van der Waals surface area contributed by atoms with Crippen LogP contribution in [0.2, 0.25) is 0 Å². The Morgan fingerprint density at radius 1 is 0.352 bits per heavy atom. The number of nitrogens with zero attached hydrogens (tertiary/aromatic N) is 1. The zero-order chi connectivity index (χ0) is 36.4. The zero-order valence-electron chi connectivity index (χ0n) is 30.9. The van der Waals surface area contributed by atoms with Crippen molar-refractivity contribution in [2.75, 3.05) is 4.90 Å². The van der Waals surface area contributed by atoms with Gasteiger partial charge < -0.3 is 4.90 Å². The summed E-state index contributed by atoms with van der Waals surface area (Å²) >= 11 is 0. The standard InChI is InChI=1S/C53H41N/c1-52(2)47-26-13-10-22-42(47)45-24-16-25-46(51(45)52)44-23-12-15-28-50(44)54(39-19-8-5-9-20-39)40-32-29-36(30-33-40)37-31-34-43-41-21-11-14-27-48(41)53(3,49(43)35-37)38-17-6-4-7-18-38/h4-35H,1-3H3. The van der Waals surface area contributed by atoms with Crippen molar-refractivity contribution in [3.8, 4) is 44.5 Å². The predicted octanol–water partition coefficient (Wildman–Crippen LogP) is 14.1. The van der Waals surface area contributed by atoms with Gasteiger partial charge in [-0.1, -0.05) is 172 Å². The van der Waals surface area contributed by atoms with Gasteiger partial charge in [-0.25, -0.2) is 0 Å². The lowest BCUT2D eigenvalue weighted by Crippen LogP contribution is -2.22. The smallest absolute Gasteiger partial charge is 0.0540 e. The van der Waals surface area contributed by atoms with E-state index in [4.69, 9.17) is 0 Å². The molecule has 0 aliphatic heterocycles. The van der Waals surface area contributed by atoms with Crippen LogP contribution in [0.15, 0.2) is 194 Å². The molecule has 10 rings (SSSR count). The normalized spacial score (nSPS) is 15.9. The van der Waals surface area contributed by atoms with E-state index < -0.39 is 0 Å². The van der Waals surface area contributed by atoms with E-state index in [1.165, 1.54) is 72.3 Å². The number of anilines is 3. The highest BCUT2D eigenvalue weighted by Gasteiger charge is 2.41. The molecule has 0 amide bonds. The van der Waals surface area contributed by atoms with Crippen molar-refractivity contribution in [2.45, 2.75) is 31.6 Å². The lowest BCUT2D eigenvalue weighted by molar-refractivity contribution is 0.662. The maximum Gasteiger partial charge on any atom is 0.0540 e. The minimum absolute atomic E-state index is 0.122. The van der Waals surface area contributed by atoms with Crippen LogP contribution in [0.25, 0.3) is 44.5 Å². The van der Waals surface area contributed by atoms with Gasteiger partial charge in [-0.2, -0.15) is 0 Å². The van der Waals surface area contributed by atoms with Crippen LogP contribution in [-0.2, 0) is 10.8 Å². The molecule has 0 bridgehead atoms. The molecule has 258 valence electrons. The number of hydrogen-bond acceptors (Lipinski definition) is 1. The summed E-state index contributed by atoms with van der Waals surface area (Å²) in [6.45, 7) is 7.13. The molecule has 0 N–H and O–H groups in total. The summed E-state index contributed by atoms with van der Waals surface area (Å²) in [7, 11) is 0. The third kappa shape index (κ3) is 4.78. The third-order valence-corrected chi connectivity index (χ3v) is 12.2. The first-order valence-electron chi connectivity index (χ1n) is 19.0. The SMILES string of the molecule is CC1(C)c2ccccc2-c2cccc(-c3ccccc3N(c3ccccc3)c3ccc(-c4ccc5c(c4)C(C)(c4ccccc4)c4ccccc4-5)cc3)c21. The second-order valence-electron chi connectivity index (χ2n) is 15.4. The van der Waals surface area contributed by atoms with Crippen molar-refractivity contribution >= 4 is 17.1 Å². The highest BCUT2D eigenvalue weighted by atomic mass is 15.1. The second-order valence-corrected chi connectivity index (χ2v) is 15.4. The molecule has 8 aromatic carbocycles. The van der Waals surface area contributed by atoms with E-state index in [-0.39, 0.29) is 10.8 Å². The summed E-state index contributed by atoms with van der Waals surface area (Å²) < 4.78 is 0. The Labute approximate surface area is 318 Å². The van der Waals surface area contributed by atoms with Gasteiger partial charge in [0.2, 0.25) is 0 Å². The Hall–Kier alpha value is -6.44. The lowest BCUT2D eigenvalue weighted by Gasteiger charge is -2.30. The van der Waals surface area contributed by atoms with Crippen LogP contribution in [0, 0.1) is 0 Å². The molecule has 0 aromatic heterocycles. The number of fused-ring (bicyclic) bond motifs is 6. The molecule has 0 saturated heterocycles. The molecule has 54 heavy (non-hydrogen) atoms. The molecule has 2 aliphatic carbocycles. The van der Waals surface area contributed by atoms with Crippen molar-refractivity contribution in [3.05, 3.63) is 222 Å². The van der Waals surface area contributed by atoms with Crippen molar-refractivity contribution < 1.29 is 0 Å². The van der Waals surface area contributed by atoms with Crippen molar-refractivity contribution in [2.24, 2.45) is 0 Å². The summed E-state index contributed by atoms with van der Waals surface area (Å²) in [5.41, 5.74) is 20.1. The van der Waals surface area contributed by atoms with Gasteiger partial charge in [-0.05, 0) is 110 Å². The molecule has 8 aromatic rings. The summed E-state index contributed by atoms with van der Waals surface area (Å²) in [6.07, 6.45) is 0. The van der Waals surface area contributed by atoms with Crippen molar-refractivity contribution in [1.82, 2.24) is 0 Å². The number of para-hydroxylation sites is 2. The Balaban J connectivity index is 1.08. The van der Waals surface area contributed by atoms with Crippen LogP contribution < -0.4 is 4.90 Å². The van der Waals surface area contributed by atoms with E-state index in [2.05, 4.69) is 220 Å². The lowest BCUT2D eigenvalue weighted by atomic mass is 9.74. The maximum atomic E-state index is 2.43. The molecule has 0 saturated carbocycles. The molecule has 1 heteroatoms. The highest BCUT2D eigenvalue weighted by Crippen LogP contribution is 2.55. The van der Waals surface area contributed by atoms with E-state index in [1.807, 2.05) is 0 Å². The van der Waals surface area contributed by atoms with Crippen LogP contribution in [0.5, 0.6) is 0 Å². The quantitative estimate of drug-likeness (QED) is 0.168. The number of rotatable bonds is 6. The molecular weight excluding hydrogens is 651 g/mol. The molecule has 1 nitrogen and oxygen atoms in total. The number of hydrogen-bond donors (Lipinski definition) is 0. The molecule has 2 aliphatic rings. The largest absolute Gasteiger partial charge is 0.310 e. The first-order valence-corrected chi connectivity index (χ1v) is 19.0. The summed E-state index contributed by atoms with van der Waals surface area (Å²) in [5.74, 6) is 0. The fraction of sp³-hybridized carbons (Fsp3) is 0.0943. The van der Waals surface area contributed by atoms with Gasteiger partial charge in [0.25, 0.3) is 0 Å². The van der Waals surface area contributed by atoms with Gasteiger partial charge in [-0.3, -0.25) is 0 Å². The second kappa shape index (κ2) is 12.3. The highest BCUT2D eigenvalue weighted by molar-refractivity contribution is 5.95. The number of benzene rings is 8. The molecule has 0 heterocycles. The molecule has 1 unspecified atom stereocenters. The molecule has 0 radical (unpaired) electrons. The monoisotopic (exact) mass is 691 g/mol. The molecule has 0 spiro atoms. The fourth-order valence-electron chi connectivity index (χ4n) is 9.53. The predicted molar refractivity (Wildman–Crippen MR) is 227 cm³/mol. The minimum atomic E-state index is -0.232. The summed E-state index contributed by atoms with van der Waals surface area (Å²) in [5, 5.41) is 0. The summed E-state index contributed by atoms with van der Waals surface area (Å²) in [6, 6.07) is 71.5. The van der Waals surface area contributed by atoms with Gasteiger partial charge in [-0.15, -0.1) is 0 Å². The van der Waals surface area contributed by atoms with Crippen LogP contribution >= 0.6 is 0 Å². The van der Waals surface area contributed by atoms with Gasteiger partial charge >= 0.3 is 0 Å². The van der Waals surface area contributed by atoms with E-state index in [9.17, 15) is 0 Å². The fourth-order valence-corrected chi connectivity index (χ4v) is 9.53. The van der Waals surface area contributed by atoms with E-state index in [0.29, 0.717) is 0 Å². The third-order valence-electron chi connectivity index (χ3n) is 12.2. The van der Waals surface area contributed by atoms with Crippen LogP contribution in [0.4, 0.5) is 17.1 Å². The molecule has 0 fully saturated rings. The molecule has 1 atom stereocenters. The van der Waals surface area contributed by atoms with Gasteiger partial charge in [0, 0.05) is 27.8 Å². The zero-order valence-corrected chi connectivity index (χ0v) is 30.9. The first-order chi connectivity index (χ1) is 26.4.